The molecule has 1 aliphatic rings. The molecular formula is C20H19N3OS. The predicted molar refractivity (Wildman–Crippen MR) is 101 cm³/mol. The molecule has 0 fully saturated rings. The number of amides is 1. The summed E-state index contributed by atoms with van der Waals surface area (Å²) >= 11 is 1.79. The third kappa shape index (κ3) is 3.15. The first-order valence-corrected chi connectivity index (χ1v) is 9.25. The van der Waals surface area contributed by atoms with Crippen molar-refractivity contribution in [1.29, 1.82) is 0 Å². The van der Waals surface area contributed by atoms with E-state index in [-0.39, 0.29) is 11.9 Å². The van der Waals surface area contributed by atoms with Crippen molar-refractivity contribution < 1.29 is 4.79 Å². The second-order valence-corrected chi connectivity index (χ2v) is 7.14. The number of benzene rings is 1. The van der Waals surface area contributed by atoms with E-state index < -0.39 is 0 Å². The summed E-state index contributed by atoms with van der Waals surface area (Å²) < 4.78 is 1.81. The minimum Gasteiger partial charge on any atom is -0.332 e. The number of aromatic nitrogens is 2. The second-order valence-electron chi connectivity index (χ2n) is 6.14. The molecule has 1 amide bonds. The highest BCUT2D eigenvalue weighted by Crippen LogP contribution is 2.32. The molecule has 0 N–H and O–H groups in total. The average Bonchev–Trinajstić information content (AvgIpc) is 3.30. The molecular weight excluding hydrogens is 330 g/mol. The lowest BCUT2D eigenvalue weighted by Gasteiger charge is -2.32. The summed E-state index contributed by atoms with van der Waals surface area (Å²) in [6.45, 7) is 2.88. The van der Waals surface area contributed by atoms with E-state index in [0.717, 1.165) is 24.2 Å². The first kappa shape index (κ1) is 15.8. The van der Waals surface area contributed by atoms with E-state index in [0.29, 0.717) is 0 Å². The van der Waals surface area contributed by atoms with Gasteiger partial charge in [0.1, 0.15) is 0 Å². The molecule has 5 heteroatoms. The fraction of sp³-hybridized carbons (Fsp3) is 0.200. The van der Waals surface area contributed by atoms with Crippen LogP contribution in [0.5, 0.6) is 0 Å². The third-order valence-electron chi connectivity index (χ3n) is 4.60. The zero-order valence-corrected chi connectivity index (χ0v) is 14.8. The first-order valence-electron chi connectivity index (χ1n) is 8.37. The Bertz CT molecular complexity index is 910. The monoisotopic (exact) mass is 349 g/mol. The maximum atomic E-state index is 12.6. The molecule has 0 radical (unpaired) electrons. The van der Waals surface area contributed by atoms with Gasteiger partial charge in [0, 0.05) is 29.3 Å². The minimum absolute atomic E-state index is 0.0526. The van der Waals surface area contributed by atoms with Gasteiger partial charge in [-0.3, -0.25) is 4.79 Å². The maximum Gasteiger partial charge on any atom is 0.247 e. The van der Waals surface area contributed by atoms with Gasteiger partial charge < -0.3 is 4.90 Å². The van der Waals surface area contributed by atoms with Gasteiger partial charge in [-0.1, -0.05) is 18.2 Å². The number of para-hydroxylation sites is 1. The van der Waals surface area contributed by atoms with Crippen LogP contribution in [0.1, 0.15) is 29.0 Å². The number of thiophene rings is 1. The second kappa shape index (κ2) is 6.69. The van der Waals surface area contributed by atoms with E-state index in [1.807, 2.05) is 52.2 Å². The van der Waals surface area contributed by atoms with Crippen molar-refractivity contribution in [2.24, 2.45) is 0 Å². The molecule has 4 rings (SSSR count). The fourth-order valence-electron chi connectivity index (χ4n) is 3.22. The van der Waals surface area contributed by atoms with Crippen molar-refractivity contribution in [2.45, 2.75) is 19.4 Å². The smallest absolute Gasteiger partial charge is 0.247 e. The van der Waals surface area contributed by atoms with Crippen LogP contribution >= 0.6 is 11.3 Å². The number of hydrogen-bond acceptors (Lipinski definition) is 3. The van der Waals surface area contributed by atoms with Crippen molar-refractivity contribution in [1.82, 2.24) is 14.7 Å². The summed E-state index contributed by atoms with van der Waals surface area (Å²) in [5.41, 5.74) is 3.20. The number of rotatable bonds is 3. The zero-order valence-electron chi connectivity index (χ0n) is 14.0. The molecule has 0 saturated heterocycles. The minimum atomic E-state index is 0.0526. The Hall–Kier alpha value is -2.66. The Kier molecular flexibility index (Phi) is 4.24. The highest BCUT2D eigenvalue weighted by atomic mass is 32.1. The van der Waals surface area contributed by atoms with E-state index >= 15 is 0 Å². The lowest BCUT2D eigenvalue weighted by molar-refractivity contribution is -0.128. The van der Waals surface area contributed by atoms with Crippen LogP contribution in [0, 0.1) is 0 Å². The normalized spacial score (nSPS) is 17.0. The van der Waals surface area contributed by atoms with Crippen molar-refractivity contribution in [3.05, 3.63) is 76.3 Å². The standard InChI is InChI=1S/C20H19N3OS/c1-15-18-10-12-25-19(18)9-11-22(15)20(24)8-7-16-13-21-23(14-16)17-5-3-2-4-6-17/h2-8,10,12-15H,9,11H2,1H3. The van der Waals surface area contributed by atoms with Crippen molar-refractivity contribution in [3.63, 3.8) is 0 Å². The lowest BCUT2D eigenvalue weighted by Crippen LogP contribution is -2.37. The molecule has 4 nitrogen and oxygen atoms in total. The number of hydrogen-bond donors (Lipinski definition) is 0. The molecule has 0 spiro atoms. The fourth-order valence-corrected chi connectivity index (χ4v) is 4.18. The highest BCUT2D eigenvalue weighted by molar-refractivity contribution is 7.10. The number of fused-ring (bicyclic) bond motifs is 1. The van der Waals surface area contributed by atoms with Gasteiger partial charge in [0.2, 0.25) is 5.91 Å². The molecule has 1 atom stereocenters. The van der Waals surface area contributed by atoms with E-state index in [2.05, 4.69) is 23.5 Å². The molecule has 1 unspecified atom stereocenters. The van der Waals surface area contributed by atoms with E-state index in [9.17, 15) is 4.79 Å². The molecule has 1 aromatic carbocycles. The summed E-state index contributed by atoms with van der Waals surface area (Å²) in [4.78, 5) is 16.0. The summed E-state index contributed by atoms with van der Waals surface area (Å²) in [7, 11) is 0. The quantitative estimate of drug-likeness (QED) is 0.668. The Morgan fingerprint density at radius 3 is 2.96 bits per heavy atom. The van der Waals surface area contributed by atoms with Crippen LogP contribution < -0.4 is 0 Å². The molecule has 3 aromatic rings. The molecule has 25 heavy (non-hydrogen) atoms. The summed E-state index contributed by atoms with van der Waals surface area (Å²) in [5.74, 6) is 0.0526. The molecule has 1 aliphatic heterocycles. The van der Waals surface area contributed by atoms with Gasteiger partial charge in [0.05, 0.1) is 17.9 Å². The van der Waals surface area contributed by atoms with Gasteiger partial charge in [0.15, 0.2) is 0 Å². The van der Waals surface area contributed by atoms with E-state index in [1.54, 1.807) is 23.6 Å². The van der Waals surface area contributed by atoms with E-state index in [1.165, 1.54) is 10.4 Å². The van der Waals surface area contributed by atoms with Crippen LogP contribution in [0.15, 0.2) is 60.2 Å². The molecule has 3 heterocycles. The van der Waals surface area contributed by atoms with Gasteiger partial charge >= 0.3 is 0 Å². The van der Waals surface area contributed by atoms with Gasteiger partial charge in [0.25, 0.3) is 0 Å². The summed E-state index contributed by atoms with van der Waals surface area (Å²) in [6, 6.07) is 12.2. The van der Waals surface area contributed by atoms with Crippen LogP contribution in [0.2, 0.25) is 0 Å². The Labute approximate surface area is 151 Å². The first-order chi connectivity index (χ1) is 12.2. The zero-order chi connectivity index (χ0) is 17.2. The van der Waals surface area contributed by atoms with Gasteiger partial charge in [-0.25, -0.2) is 4.68 Å². The van der Waals surface area contributed by atoms with Crippen LogP contribution in [-0.2, 0) is 11.2 Å². The Morgan fingerprint density at radius 1 is 1.28 bits per heavy atom. The van der Waals surface area contributed by atoms with Crippen molar-refractivity contribution in [2.75, 3.05) is 6.54 Å². The Balaban J connectivity index is 1.47. The third-order valence-corrected chi connectivity index (χ3v) is 5.60. The number of nitrogens with zero attached hydrogens (tertiary/aromatic N) is 3. The average molecular weight is 349 g/mol. The van der Waals surface area contributed by atoms with Gasteiger partial charge in [-0.2, -0.15) is 5.10 Å². The van der Waals surface area contributed by atoms with Crippen LogP contribution in [0.3, 0.4) is 0 Å². The van der Waals surface area contributed by atoms with E-state index in [4.69, 9.17) is 0 Å². The summed E-state index contributed by atoms with van der Waals surface area (Å²) in [6.07, 6.45) is 8.14. The van der Waals surface area contributed by atoms with Crippen LogP contribution in [0.4, 0.5) is 0 Å². The lowest BCUT2D eigenvalue weighted by atomic mass is 10.0. The van der Waals surface area contributed by atoms with Crippen molar-refractivity contribution in [3.8, 4) is 5.69 Å². The molecule has 0 aliphatic carbocycles. The predicted octanol–water partition coefficient (Wildman–Crippen LogP) is 4.09. The topological polar surface area (TPSA) is 38.1 Å². The molecule has 0 saturated carbocycles. The molecule has 0 bridgehead atoms. The van der Waals surface area contributed by atoms with Crippen LogP contribution in [0.25, 0.3) is 11.8 Å². The largest absolute Gasteiger partial charge is 0.332 e. The van der Waals surface area contributed by atoms with Gasteiger partial charge in [-0.15, -0.1) is 11.3 Å². The Morgan fingerprint density at radius 2 is 2.12 bits per heavy atom. The SMILES string of the molecule is CC1c2ccsc2CCN1C(=O)C=Cc1cnn(-c2ccccc2)c1. The molecule has 2 aromatic heterocycles. The maximum absolute atomic E-state index is 12.6. The van der Waals surface area contributed by atoms with Gasteiger partial charge in [-0.05, 0) is 48.6 Å². The number of carbonyl (C=O) groups excluding carboxylic acids is 1. The van der Waals surface area contributed by atoms with Crippen molar-refractivity contribution >= 4 is 23.3 Å². The molecule has 126 valence electrons. The van der Waals surface area contributed by atoms with Crippen LogP contribution in [-0.4, -0.2) is 27.1 Å². The summed E-state index contributed by atoms with van der Waals surface area (Å²) in [5, 5.41) is 6.47. The number of carbonyl (C=O) groups is 1. The highest BCUT2D eigenvalue weighted by Gasteiger charge is 2.26.